The minimum Gasteiger partial charge on any atom is -0.316 e. The van der Waals surface area contributed by atoms with E-state index >= 15 is 0 Å². The summed E-state index contributed by atoms with van der Waals surface area (Å²) < 4.78 is 0. The molecule has 1 atom stereocenters. The van der Waals surface area contributed by atoms with Crippen molar-refractivity contribution in [1.82, 2.24) is 5.32 Å². The van der Waals surface area contributed by atoms with Gasteiger partial charge in [0.1, 0.15) is 5.78 Å². The van der Waals surface area contributed by atoms with Crippen molar-refractivity contribution < 1.29 is 4.79 Å². The van der Waals surface area contributed by atoms with Crippen LogP contribution in [0.25, 0.3) is 0 Å². The number of ketones is 1. The van der Waals surface area contributed by atoms with Crippen molar-refractivity contribution >= 4 is 17.4 Å². The first kappa shape index (κ1) is 12.6. The van der Waals surface area contributed by atoms with E-state index in [-0.39, 0.29) is 5.41 Å². The summed E-state index contributed by atoms with van der Waals surface area (Å²) in [4.78, 5) is 12.3. The molecule has 0 bridgehead atoms. The number of benzene rings is 1. The van der Waals surface area contributed by atoms with Crippen LogP contribution in [0.15, 0.2) is 24.3 Å². The van der Waals surface area contributed by atoms with Crippen LogP contribution in [0.3, 0.4) is 0 Å². The summed E-state index contributed by atoms with van der Waals surface area (Å²) in [5.41, 5.74) is 0.851. The van der Waals surface area contributed by atoms with E-state index in [1.165, 1.54) is 0 Å². The van der Waals surface area contributed by atoms with Gasteiger partial charge in [-0.05, 0) is 37.1 Å². The lowest BCUT2D eigenvalue weighted by Crippen LogP contribution is -2.44. The second-order valence-electron chi connectivity index (χ2n) is 5.07. The van der Waals surface area contributed by atoms with Crippen LogP contribution >= 0.6 is 11.6 Å². The average molecular weight is 252 g/mol. The molecule has 2 rings (SSSR count). The Labute approximate surface area is 107 Å². The molecule has 2 nitrogen and oxygen atoms in total. The number of Topliss-reactive ketones (excluding diaryl/α,β-unsaturated/α-hetero) is 1. The summed E-state index contributed by atoms with van der Waals surface area (Å²) in [6.07, 6.45) is 2.59. The molecule has 1 aromatic rings. The van der Waals surface area contributed by atoms with E-state index in [0.717, 1.165) is 31.5 Å². The van der Waals surface area contributed by atoms with Crippen molar-refractivity contribution in [1.29, 1.82) is 0 Å². The standard InChI is InChI=1S/C14H18ClNO/c1-14(7-2-8-16-10-14)13(17)9-11-3-5-12(15)6-4-11/h3-6,16H,2,7-10H2,1H3. The normalized spacial score (nSPS) is 24.6. The highest BCUT2D eigenvalue weighted by Gasteiger charge is 2.33. The molecular weight excluding hydrogens is 234 g/mol. The van der Waals surface area contributed by atoms with Gasteiger partial charge >= 0.3 is 0 Å². The lowest BCUT2D eigenvalue weighted by molar-refractivity contribution is -0.128. The average Bonchev–Trinajstić information content (AvgIpc) is 2.33. The second kappa shape index (κ2) is 5.19. The van der Waals surface area contributed by atoms with Crippen molar-refractivity contribution in [2.45, 2.75) is 26.2 Å². The topological polar surface area (TPSA) is 29.1 Å². The third-order valence-electron chi connectivity index (χ3n) is 3.55. The molecule has 1 N–H and O–H groups in total. The Morgan fingerprint density at radius 1 is 1.41 bits per heavy atom. The molecule has 1 heterocycles. The van der Waals surface area contributed by atoms with Gasteiger partial charge in [-0.15, -0.1) is 0 Å². The maximum atomic E-state index is 12.3. The zero-order valence-electron chi connectivity index (χ0n) is 10.1. The van der Waals surface area contributed by atoms with Crippen LogP contribution < -0.4 is 5.32 Å². The largest absolute Gasteiger partial charge is 0.316 e. The van der Waals surface area contributed by atoms with Gasteiger partial charge in [0.05, 0.1) is 0 Å². The molecule has 0 spiro atoms. The summed E-state index contributed by atoms with van der Waals surface area (Å²) in [6.45, 7) is 3.90. The van der Waals surface area contributed by atoms with Crippen LogP contribution in [0.4, 0.5) is 0 Å². The highest BCUT2D eigenvalue weighted by Crippen LogP contribution is 2.28. The summed E-state index contributed by atoms with van der Waals surface area (Å²) in [5, 5.41) is 4.02. The molecule has 1 aliphatic rings. The molecule has 0 aliphatic carbocycles. The molecule has 0 aromatic heterocycles. The highest BCUT2D eigenvalue weighted by atomic mass is 35.5. The Morgan fingerprint density at radius 2 is 2.12 bits per heavy atom. The summed E-state index contributed by atoms with van der Waals surface area (Å²) in [6, 6.07) is 7.54. The smallest absolute Gasteiger partial charge is 0.144 e. The van der Waals surface area contributed by atoms with Crippen molar-refractivity contribution in [2.75, 3.05) is 13.1 Å². The van der Waals surface area contributed by atoms with Crippen LogP contribution in [-0.2, 0) is 11.2 Å². The van der Waals surface area contributed by atoms with Gasteiger partial charge < -0.3 is 5.32 Å². The van der Waals surface area contributed by atoms with Crippen molar-refractivity contribution in [3.05, 3.63) is 34.9 Å². The predicted octanol–water partition coefficient (Wildman–Crippen LogP) is 2.84. The van der Waals surface area contributed by atoms with Crippen molar-refractivity contribution in [3.8, 4) is 0 Å². The summed E-state index contributed by atoms with van der Waals surface area (Å²) in [5.74, 6) is 0.326. The third kappa shape index (κ3) is 3.08. The fourth-order valence-electron chi connectivity index (χ4n) is 2.30. The first-order valence-corrected chi connectivity index (χ1v) is 6.46. The molecule has 1 aliphatic heterocycles. The number of rotatable bonds is 3. The lowest BCUT2D eigenvalue weighted by atomic mass is 9.77. The van der Waals surface area contributed by atoms with E-state index in [0.29, 0.717) is 17.2 Å². The molecule has 0 amide bonds. The predicted molar refractivity (Wildman–Crippen MR) is 70.4 cm³/mol. The van der Waals surface area contributed by atoms with E-state index in [4.69, 9.17) is 11.6 Å². The van der Waals surface area contributed by atoms with Gasteiger partial charge in [-0.3, -0.25) is 4.79 Å². The highest BCUT2D eigenvalue weighted by molar-refractivity contribution is 6.30. The van der Waals surface area contributed by atoms with E-state index in [2.05, 4.69) is 12.2 Å². The maximum absolute atomic E-state index is 12.3. The quantitative estimate of drug-likeness (QED) is 0.895. The van der Waals surface area contributed by atoms with Gasteiger partial charge in [-0.2, -0.15) is 0 Å². The first-order valence-electron chi connectivity index (χ1n) is 6.09. The summed E-state index contributed by atoms with van der Waals surface area (Å²) >= 11 is 5.83. The Morgan fingerprint density at radius 3 is 2.71 bits per heavy atom. The molecule has 17 heavy (non-hydrogen) atoms. The third-order valence-corrected chi connectivity index (χ3v) is 3.80. The zero-order valence-corrected chi connectivity index (χ0v) is 10.9. The molecule has 1 aromatic carbocycles. The maximum Gasteiger partial charge on any atom is 0.144 e. The fraction of sp³-hybridized carbons (Fsp3) is 0.500. The van der Waals surface area contributed by atoms with E-state index in [9.17, 15) is 4.79 Å². The molecule has 1 saturated heterocycles. The number of piperidine rings is 1. The fourth-order valence-corrected chi connectivity index (χ4v) is 2.42. The van der Waals surface area contributed by atoms with Gasteiger partial charge in [-0.25, -0.2) is 0 Å². The van der Waals surface area contributed by atoms with E-state index in [1.807, 2.05) is 24.3 Å². The van der Waals surface area contributed by atoms with Crippen LogP contribution in [0.5, 0.6) is 0 Å². The molecule has 0 saturated carbocycles. The van der Waals surface area contributed by atoms with Crippen molar-refractivity contribution in [3.63, 3.8) is 0 Å². The molecule has 92 valence electrons. The van der Waals surface area contributed by atoms with Gasteiger partial charge in [0.2, 0.25) is 0 Å². The monoisotopic (exact) mass is 251 g/mol. The minimum atomic E-state index is -0.197. The van der Waals surface area contributed by atoms with E-state index < -0.39 is 0 Å². The van der Waals surface area contributed by atoms with Crippen LogP contribution in [0.2, 0.25) is 5.02 Å². The number of carbonyl (C=O) groups excluding carboxylic acids is 1. The minimum absolute atomic E-state index is 0.197. The van der Waals surface area contributed by atoms with Crippen LogP contribution in [0, 0.1) is 5.41 Å². The number of carbonyl (C=O) groups is 1. The molecule has 0 radical (unpaired) electrons. The number of nitrogens with one attached hydrogen (secondary N) is 1. The zero-order chi connectivity index (χ0) is 12.3. The Hall–Kier alpha value is -0.860. The Bertz CT molecular complexity index is 393. The SMILES string of the molecule is CC1(C(=O)Cc2ccc(Cl)cc2)CCCNC1. The second-order valence-corrected chi connectivity index (χ2v) is 5.50. The summed E-state index contributed by atoms with van der Waals surface area (Å²) in [7, 11) is 0. The molecule has 1 unspecified atom stereocenters. The van der Waals surface area contributed by atoms with E-state index in [1.54, 1.807) is 0 Å². The van der Waals surface area contributed by atoms with Crippen molar-refractivity contribution in [2.24, 2.45) is 5.41 Å². The Balaban J connectivity index is 2.03. The lowest BCUT2D eigenvalue weighted by Gasteiger charge is -2.32. The number of hydrogen-bond acceptors (Lipinski definition) is 2. The van der Waals surface area contributed by atoms with Crippen LogP contribution in [-0.4, -0.2) is 18.9 Å². The molecule has 1 fully saturated rings. The van der Waals surface area contributed by atoms with Crippen LogP contribution in [0.1, 0.15) is 25.3 Å². The first-order chi connectivity index (χ1) is 8.10. The number of halogens is 1. The van der Waals surface area contributed by atoms with Gasteiger partial charge in [0, 0.05) is 23.4 Å². The molecular formula is C14H18ClNO. The number of hydrogen-bond donors (Lipinski definition) is 1. The van der Waals surface area contributed by atoms with Gasteiger partial charge in [0.25, 0.3) is 0 Å². The molecule has 3 heteroatoms. The van der Waals surface area contributed by atoms with Gasteiger partial charge in [0.15, 0.2) is 0 Å². The van der Waals surface area contributed by atoms with Gasteiger partial charge in [-0.1, -0.05) is 30.7 Å². The Kier molecular flexibility index (Phi) is 3.85.